The van der Waals surface area contributed by atoms with E-state index in [0.29, 0.717) is 23.7 Å². The molecule has 1 amide bonds. The van der Waals surface area contributed by atoms with Gasteiger partial charge in [0.2, 0.25) is 5.91 Å². The molecule has 28 heavy (non-hydrogen) atoms. The SMILES string of the molecule is COc1ccc(C2CCCN2C(=O)Cn2nc3ccccn3c2=O)c(OC)c1. The van der Waals surface area contributed by atoms with Crippen LogP contribution < -0.4 is 15.2 Å². The molecule has 8 heteroatoms. The van der Waals surface area contributed by atoms with Gasteiger partial charge in [-0.15, -0.1) is 5.10 Å². The molecule has 1 aliphatic heterocycles. The lowest BCUT2D eigenvalue weighted by Crippen LogP contribution is -2.36. The van der Waals surface area contributed by atoms with E-state index in [1.54, 1.807) is 43.5 Å². The standard InChI is InChI=1S/C20H22N4O4/c1-27-14-8-9-15(17(12-14)28-2)16-6-5-11-22(16)19(25)13-24-20(26)23-10-4-3-7-18(23)21-24/h3-4,7-10,12,16H,5-6,11,13H2,1-2H3. The summed E-state index contributed by atoms with van der Waals surface area (Å²) in [6.45, 7) is 0.552. The summed E-state index contributed by atoms with van der Waals surface area (Å²) in [6, 6.07) is 10.8. The summed E-state index contributed by atoms with van der Waals surface area (Å²) in [5, 5.41) is 4.26. The Kier molecular flexibility index (Phi) is 4.77. The van der Waals surface area contributed by atoms with Crippen molar-refractivity contribution in [3.63, 3.8) is 0 Å². The maximum Gasteiger partial charge on any atom is 0.350 e. The van der Waals surface area contributed by atoms with Gasteiger partial charge in [-0.25, -0.2) is 9.48 Å². The van der Waals surface area contributed by atoms with Crippen LogP contribution in [0.4, 0.5) is 0 Å². The zero-order valence-corrected chi connectivity index (χ0v) is 15.9. The van der Waals surface area contributed by atoms with Crippen molar-refractivity contribution in [3.8, 4) is 11.5 Å². The number of methoxy groups -OCH3 is 2. The van der Waals surface area contributed by atoms with Crippen molar-refractivity contribution in [2.45, 2.75) is 25.4 Å². The number of pyridine rings is 1. The number of amides is 1. The molecule has 3 heterocycles. The van der Waals surface area contributed by atoms with E-state index in [-0.39, 0.29) is 24.2 Å². The predicted octanol–water partition coefficient (Wildman–Crippen LogP) is 1.88. The summed E-state index contributed by atoms with van der Waals surface area (Å²) in [7, 11) is 3.21. The number of nitrogens with zero attached hydrogens (tertiary/aromatic N) is 4. The molecule has 4 rings (SSSR count). The highest BCUT2D eigenvalue weighted by Gasteiger charge is 2.32. The number of carbonyl (C=O) groups excluding carboxylic acids is 1. The summed E-state index contributed by atoms with van der Waals surface area (Å²) < 4.78 is 13.4. The maximum atomic E-state index is 13.0. The third kappa shape index (κ3) is 3.11. The molecule has 1 aromatic carbocycles. The number of aromatic nitrogens is 3. The van der Waals surface area contributed by atoms with Crippen molar-refractivity contribution < 1.29 is 14.3 Å². The molecule has 8 nitrogen and oxygen atoms in total. The van der Waals surface area contributed by atoms with E-state index in [1.807, 2.05) is 18.2 Å². The second-order valence-electron chi connectivity index (χ2n) is 6.72. The van der Waals surface area contributed by atoms with Gasteiger partial charge in [-0.05, 0) is 37.1 Å². The Morgan fingerprint density at radius 2 is 2.07 bits per heavy atom. The third-order valence-electron chi connectivity index (χ3n) is 5.15. The zero-order valence-electron chi connectivity index (χ0n) is 15.9. The van der Waals surface area contributed by atoms with Crippen molar-refractivity contribution in [1.29, 1.82) is 0 Å². The number of carbonyl (C=O) groups is 1. The topological polar surface area (TPSA) is 78.1 Å². The number of benzene rings is 1. The molecule has 1 fully saturated rings. The lowest BCUT2D eigenvalue weighted by molar-refractivity contribution is -0.133. The van der Waals surface area contributed by atoms with Crippen LogP contribution in [0.25, 0.3) is 5.65 Å². The van der Waals surface area contributed by atoms with Gasteiger partial charge in [0.15, 0.2) is 5.65 Å². The molecule has 146 valence electrons. The summed E-state index contributed by atoms with van der Waals surface area (Å²) in [4.78, 5) is 27.3. The van der Waals surface area contributed by atoms with Crippen molar-refractivity contribution in [1.82, 2.24) is 19.1 Å². The van der Waals surface area contributed by atoms with Gasteiger partial charge in [0, 0.05) is 24.4 Å². The van der Waals surface area contributed by atoms with Gasteiger partial charge in [0.1, 0.15) is 18.0 Å². The summed E-state index contributed by atoms with van der Waals surface area (Å²) >= 11 is 0. The van der Waals surface area contributed by atoms with E-state index < -0.39 is 0 Å². The molecule has 1 unspecified atom stereocenters. The highest BCUT2D eigenvalue weighted by atomic mass is 16.5. The number of hydrogen-bond donors (Lipinski definition) is 0. The molecule has 1 saturated heterocycles. The highest BCUT2D eigenvalue weighted by Crippen LogP contribution is 2.38. The van der Waals surface area contributed by atoms with Crippen LogP contribution in [0.15, 0.2) is 47.4 Å². The molecule has 3 aromatic rings. The van der Waals surface area contributed by atoms with Gasteiger partial charge < -0.3 is 14.4 Å². The molecule has 2 aromatic heterocycles. The Morgan fingerprint density at radius 3 is 2.82 bits per heavy atom. The minimum Gasteiger partial charge on any atom is -0.497 e. The fourth-order valence-electron chi connectivity index (χ4n) is 3.77. The lowest BCUT2D eigenvalue weighted by Gasteiger charge is -2.26. The van der Waals surface area contributed by atoms with Crippen molar-refractivity contribution in [2.24, 2.45) is 0 Å². The van der Waals surface area contributed by atoms with Crippen molar-refractivity contribution in [2.75, 3.05) is 20.8 Å². The summed E-state index contributed by atoms with van der Waals surface area (Å²) in [6.07, 6.45) is 3.38. The number of likely N-dealkylation sites (tertiary alicyclic amines) is 1. The van der Waals surface area contributed by atoms with Crippen LogP contribution >= 0.6 is 0 Å². The van der Waals surface area contributed by atoms with E-state index in [2.05, 4.69) is 5.10 Å². The Balaban J connectivity index is 1.60. The first-order chi connectivity index (χ1) is 13.6. The van der Waals surface area contributed by atoms with Crippen LogP contribution in [0.5, 0.6) is 11.5 Å². The summed E-state index contributed by atoms with van der Waals surface area (Å²) in [5.74, 6) is 1.26. The quantitative estimate of drug-likeness (QED) is 0.673. The Labute approximate surface area is 161 Å². The molecule has 0 N–H and O–H groups in total. The lowest BCUT2D eigenvalue weighted by atomic mass is 10.0. The van der Waals surface area contributed by atoms with Crippen LogP contribution in [-0.2, 0) is 11.3 Å². The molecule has 1 atom stereocenters. The number of ether oxygens (including phenoxy) is 2. The van der Waals surface area contributed by atoms with E-state index in [4.69, 9.17) is 9.47 Å². The fourth-order valence-corrected chi connectivity index (χ4v) is 3.77. The second kappa shape index (κ2) is 7.38. The number of hydrogen-bond acceptors (Lipinski definition) is 5. The highest BCUT2D eigenvalue weighted by molar-refractivity contribution is 5.77. The normalized spacial score (nSPS) is 16.5. The van der Waals surface area contributed by atoms with Crippen LogP contribution in [0.2, 0.25) is 0 Å². The van der Waals surface area contributed by atoms with E-state index in [1.165, 1.54) is 9.08 Å². The predicted molar refractivity (Wildman–Crippen MR) is 103 cm³/mol. The Bertz CT molecular complexity index is 1070. The third-order valence-corrected chi connectivity index (χ3v) is 5.15. The number of rotatable bonds is 5. The van der Waals surface area contributed by atoms with Crippen LogP contribution in [0, 0.1) is 0 Å². The van der Waals surface area contributed by atoms with E-state index in [0.717, 1.165) is 18.4 Å². The molecular weight excluding hydrogens is 360 g/mol. The maximum absolute atomic E-state index is 13.0. The molecular formula is C20H22N4O4. The monoisotopic (exact) mass is 382 g/mol. The van der Waals surface area contributed by atoms with Gasteiger partial charge in [-0.2, -0.15) is 0 Å². The smallest absolute Gasteiger partial charge is 0.350 e. The van der Waals surface area contributed by atoms with Crippen LogP contribution in [-0.4, -0.2) is 45.8 Å². The minimum atomic E-state index is -0.318. The summed E-state index contributed by atoms with van der Waals surface area (Å²) in [5.41, 5.74) is 1.15. The first-order valence-electron chi connectivity index (χ1n) is 9.18. The number of fused-ring (bicyclic) bond motifs is 1. The van der Waals surface area contributed by atoms with Gasteiger partial charge in [0.05, 0.1) is 20.3 Å². The molecule has 0 radical (unpaired) electrons. The van der Waals surface area contributed by atoms with E-state index in [9.17, 15) is 9.59 Å². The van der Waals surface area contributed by atoms with Gasteiger partial charge in [-0.3, -0.25) is 9.20 Å². The molecule has 0 spiro atoms. The van der Waals surface area contributed by atoms with Crippen LogP contribution in [0.3, 0.4) is 0 Å². The van der Waals surface area contributed by atoms with E-state index >= 15 is 0 Å². The molecule has 1 aliphatic rings. The first-order valence-corrected chi connectivity index (χ1v) is 9.18. The fraction of sp³-hybridized carbons (Fsp3) is 0.350. The Morgan fingerprint density at radius 1 is 1.21 bits per heavy atom. The zero-order chi connectivity index (χ0) is 19.7. The van der Waals surface area contributed by atoms with Gasteiger partial charge in [0.25, 0.3) is 0 Å². The van der Waals surface area contributed by atoms with Crippen molar-refractivity contribution in [3.05, 3.63) is 58.6 Å². The Hall–Kier alpha value is -3.29. The van der Waals surface area contributed by atoms with Gasteiger partial charge >= 0.3 is 5.69 Å². The molecule has 0 saturated carbocycles. The van der Waals surface area contributed by atoms with Crippen molar-refractivity contribution >= 4 is 11.6 Å². The second-order valence-corrected chi connectivity index (χ2v) is 6.72. The molecule has 0 aliphatic carbocycles. The molecule has 0 bridgehead atoms. The van der Waals surface area contributed by atoms with Crippen LogP contribution in [0.1, 0.15) is 24.4 Å². The van der Waals surface area contributed by atoms with Gasteiger partial charge in [-0.1, -0.05) is 6.07 Å². The average molecular weight is 382 g/mol. The largest absolute Gasteiger partial charge is 0.497 e. The average Bonchev–Trinajstić information content (AvgIpc) is 3.33. The first kappa shape index (κ1) is 18.1. The minimum absolute atomic E-state index is 0.0878.